The quantitative estimate of drug-likeness (QED) is 0.490. The molecule has 0 aliphatic carbocycles. The monoisotopic (exact) mass is 381 g/mol. The number of carbonyl (C=O) groups is 2. The van der Waals surface area contributed by atoms with Crippen LogP contribution < -0.4 is 10.4 Å². The number of hydrogen-bond donors (Lipinski definition) is 1. The fourth-order valence-corrected chi connectivity index (χ4v) is 3.55. The van der Waals surface area contributed by atoms with Crippen molar-refractivity contribution in [1.29, 1.82) is 0 Å². The number of aromatic nitrogens is 1. The zero-order valence-electron chi connectivity index (χ0n) is 16.5. The van der Waals surface area contributed by atoms with Gasteiger partial charge in [-0.3, -0.25) is 9.59 Å². The molecule has 0 radical (unpaired) electrons. The molecular formula is C22H23NO5. The molecule has 0 unspecified atom stereocenters. The van der Waals surface area contributed by atoms with E-state index in [2.05, 4.69) is 4.98 Å². The first kappa shape index (κ1) is 19.6. The highest BCUT2D eigenvalue weighted by atomic mass is 16.5. The number of rotatable bonds is 7. The minimum atomic E-state index is -0.404. The average Bonchev–Trinajstić information content (AvgIpc) is 2.94. The molecule has 0 amide bonds. The number of fused-ring (bicyclic) bond motifs is 1. The van der Waals surface area contributed by atoms with Crippen LogP contribution in [0, 0.1) is 13.8 Å². The van der Waals surface area contributed by atoms with Crippen LogP contribution in [0.5, 0.6) is 5.75 Å². The highest BCUT2D eigenvalue weighted by Gasteiger charge is 2.20. The molecule has 3 aromatic rings. The smallest absolute Gasteiger partial charge is 0.336 e. The van der Waals surface area contributed by atoms with Gasteiger partial charge in [0.2, 0.25) is 5.78 Å². The summed E-state index contributed by atoms with van der Waals surface area (Å²) in [6.45, 7) is 6.84. The van der Waals surface area contributed by atoms with Gasteiger partial charge in [0.1, 0.15) is 11.3 Å². The molecule has 146 valence electrons. The normalized spacial score (nSPS) is 11.0. The molecule has 6 nitrogen and oxygen atoms in total. The van der Waals surface area contributed by atoms with Gasteiger partial charge in [0.05, 0.1) is 5.69 Å². The van der Waals surface area contributed by atoms with Crippen LogP contribution in [0.1, 0.15) is 57.9 Å². The Morgan fingerprint density at radius 3 is 2.57 bits per heavy atom. The Morgan fingerprint density at radius 1 is 1.18 bits per heavy atom. The van der Waals surface area contributed by atoms with Gasteiger partial charge in [-0.25, -0.2) is 4.79 Å². The second-order valence-electron chi connectivity index (χ2n) is 6.89. The molecule has 28 heavy (non-hydrogen) atoms. The maximum atomic E-state index is 12.5. The van der Waals surface area contributed by atoms with E-state index < -0.39 is 5.63 Å². The van der Waals surface area contributed by atoms with Crippen LogP contribution in [0.3, 0.4) is 0 Å². The summed E-state index contributed by atoms with van der Waals surface area (Å²) in [7, 11) is 0. The Kier molecular flexibility index (Phi) is 5.49. The average molecular weight is 381 g/mol. The molecule has 1 N–H and O–H groups in total. The maximum absolute atomic E-state index is 12.5. The van der Waals surface area contributed by atoms with Crippen molar-refractivity contribution in [3.63, 3.8) is 0 Å². The molecule has 2 aromatic heterocycles. The number of hydrogen-bond acceptors (Lipinski definition) is 5. The maximum Gasteiger partial charge on any atom is 0.336 e. The van der Waals surface area contributed by atoms with Crippen molar-refractivity contribution >= 4 is 22.5 Å². The van der Waals surface area contributed by atoms with Crippen molar-refractivity contribution in [2.75, 3.05) is 6.61 Å². The van der Waals surface area contributed by atoms with E-state index in [1.54, 1.807) is 26.0 Å². The van der Waals surface area contributed by atoms with Crippen LogP contribution in [0.4, 0.5) is 0 Å². The van der Waals surface area contributed by atoms with Crippen molar-refractivity contribution in [3.05, 3.63) is 62.8 Å². The molecule has 2 heterocycles. The number of ketones is 2. The Labute approximate surface area is 162 Å². The molecule has 6 heteroatoms. The van der Waals surface area contributed by atoms with Crippen LogP contribution in [0.15, 0.2) is 33.5 Å². The number of benzene rings is 1. The third-order valence-corrected chi connectivity index (χ3v) is 4.76. The summed E-state index contributed by atoms with van der Waals surface area (Å²) < 4.78 is 10.9. The van der Waals surface area contributed by atoms with Crippen LogP contribution in [-0.2, 0) is 6.42 Å². The van der Waals surface area contributed by atoms with Gasteiger partial charge in [0.15, 0.2) is 12.4 Å². The lowest BCUT2D eigenvalue weighted by atomic mass is 10.1. The molecule has 0 spiro atoms. The number of H-pyrrole nitrogens is 1. The van der Waals surface area contributed by atoms with Gasteiger partial charge in [-0.1, -0.05) is 13.3 Å². The zero-order valence-corrected chi connectivity index (χ0v) is 16.5. The first-order chi connectivity index (χ1) is 13.3. The fraction of sp³-hybridized carbons (Fsp3) is 0.318. The summed E-state index contributed by atoms with van der Waals surface area (Å²) in [6.07, 6.45) is 1.70. The van der Waals surface area contributed by atoms with Crippen molar-refractivity contribution < 1.29 is 18.7 Å². The topological polar surface area (TPSA) is 89.4 Å². The van der Waals surface area contributed by atoms with E-state index in [0.717, 1.165) is 23.8 Å². The largest absolute Gasteiger partial charge is 0.485 e. The number of Topliss-reactive ketones (excluding diaryl/α,β-unsaturated/α-hetero) is 2. The van der Waals surface area contributed by atoms with E-state index in [-0.39, 0.29) is 18.2 Å². The van der Waals surface area contributed by atoms with Crippen LogP contribution in [0.25, 0.3) is 11.0 Å². The van der Waals surface area contributed by atoms with Crippen LogP contribution in [0.2, 0.25) is 0 Å². The van der Waals surface area contributed by atoms with Gasteiger partial charge in [-0.05, 0) is 50.5 Å². The minimum Gasteiger partial charge on any atom is -0.485 e. The van der Waals surface area contributed by atoms with Crippen molar-refractivity contribution in [2.45, 2.75) is 40.5 Å². The Bertz CT molecular complexity index is 1120. The fourth-order valence-electron chi connectivity index (χ4n) is 3.55. The van der Waals surface area contributed by atoms with Gasteiger partial charge >= 0.3 is 5.63 Å². The summed E-state index contributed by atoms with van der Waals surface area (Å²) >= 11 is 0. The third kappa shape index (κ3) is 3.76. The van der Waals surface area contributed by atoms with Gasteiger partial charge in [-0.2, -0.15) is 0 Å². The van der Waals surface area contributed by atoms with Crippen LogP contribution >= 0.6 is 0 Å². The van der Waals surface area contributed by atoms with E-state index in [1.807, 2.05) is 13.0 Å². The summed E-state index contributed by atoms with van der Waals surface area (Å²) in [6, 6.07) is 6.72. The predicted octanol–water partition coefficient (Wildman–Crippen LogP) is 4.15. The molecule has 0 bridgehead atoms. The number of aryl methyl sites for hydroxylation is 2. The minimum absolute atomic E-state index is 0.0846. The summed E-state index contributed by atoms with van der Waals surface area (Å²) in [4.78, 5) is 39.0. The van der Waals surface area contributed by atoms with E-state index in [9.17, 15) is 14.4 Å². The Morgan fingerprint density at radius 2 is 1.93 bits per heavy atom. The molecule has 0 aliphatic heterocycles. The van der Waals surface area contributed by atoms with Gasteiger partial charge in [0, 0.05) is 28.8 Å². The van der Waals surface area contributed by atoms with E-state index in [0.29, 0.717) is 33.8 Å². The predicted molar refractivity (Wildman–Crippen MR) is 107 cm³/mol. The van der Waals surface area contributed by atoms with Crippen LogP contribution in [-0.4, -0.2) is 23.2 Å². The number of ether oxygens (including phenoxy) is 1. The second-order valence-corrected chi connectivity index (χ2v) is 6.89. The van der Waals surface area contributed by atoms with Crippen molar-refractivity contribution in [3.8, 4) is 5.75 Å². The van der Waals surface area contributed by atoms with Gasteiger partial charge in [-0.15, -0.1) is 0 Å². The molecular weight excluding hydrogens is 358 g/mol. The summed E-state index contributed by atoms with van der Waals surface area (Å²) in [5, 5.41) is 0.863. The SMILES string of the molecule is CCCc1cc(=O)oc2cc(OCC(=O)c3[nH]c(C)c(C(C)=O)c3C)ccc12. The van der Waals surface area contributed by atoms with Gasteiger partial charge < -0.3 is 14.1 Å². The lowest BCUT2D eigenvalue weighted by Crippen LogP contribution is -2.13. The van der Waals surface area contributed by atoms with E-state index >= 15 is 0 Å². The number of nitrogens with one attached hydrogen (secondary N) is 1. The van der Waals surface area contributed by atoms with E-state index in [4.69, 9.17) is 9.15 Å². The highest BCUT2D eigenvalue weighted by Crippen LogP contribution is 2.24. The molecule has 1 aromatic carbocycles. The summed E-state index contributed by atoms with van der Waals surface area (Å²) in [5.74, 6) is 0.0958. The summed E-state index contributed by atoms with van der Waals surface area (Å²) in [5.41, 5.74) is 3.19. The molecule has 0 saturated heterocycles. The standard InChI is InChI=1S/C22H23NO5/c1-5-6-15-9-20(26)28-19-10-16(7-8-17(15)19)27-11-18(25)22-12(2)21(14(4)24)13(3)23-22/h7-10,23H,5-6,11H2,1-4H3. The molecule has 3 rings (SSSR count). The Hall–Kier alpha value is -3.15. The number of aromatic amines is 1. The molecule has 0 aliphatic rings. The number of carbonyl (C=O) groups excluding carboxylic acids is 2. The molecule has 0 fully saturated rings. The molecule has 0 atom stereocenters. The lowest BCUT2D eigenvalue weighted by molar-refractivity contribution is 0.0916. The van der Waals surface area contributed by atoms with Crippen molar-refractivity contribution in [2.24, 2.45) is 0 Å². The van der Waals surface area contributed by atoms with Crippen molar-refractivity contribution in [1.82, 2.24) is 4.98 Å². The third-order valence-electron chi connectivity index (χ3n) is 4.76. The highest BCUT2D eigenvalue weighted by molar-refractivity contribution is 6.03. The Balaban J connectivity index is 1.82. The first-order valence-corrected chi connectivity index (χ1v) is 9.24. The second kappa shape index (κ2) is 7.84. The lowest BCUT2D eigenvalue weighted by Gasteiger charge is -2.08. The van der Waals surface area contributed by atoms with Gasteiger partial charge in [0.25, 0.3) is 0 Å². The zero-order chi connectivity index (χ0) is 20.4. The van der Waals surface area contributed by atoms with E-state index in [1.165, 1.54) is 13.0 Å². The molecule has 0 saturated carbocycles. The first-order valence-electron chi connectivity index (χ1n) is 9.24.